The van der Waals surface area contributed by atoms with Gasteiger partial charge < -0.3 is 21.5 Å². The Morgan fingerprint density at radius 1 is 0.976 bits per heavy atom. The number of rotatable bonds is 15. The van der Waals surface area contributed by atoms with E-state index in [-0.39, 0.29) is 35.8 Å². The van der Waals surface area contributed by atoms with Crippen LogP contribution < -0.4 is 16.4 Å². The molecule has 41 heavy (non-hydrogen) atoms. The summed E-state index contributed by atoms with van der Waals surface area (Å²) in [5.74, 6) is -0.510. The molecule has 0 fully saturated rings. The van der Waals surface area contributed by atoms with Crippen LogP contribution in [0.5, 0.6) is 0 Å². The van der Waals surface area contributed by atoms with Crippen LogP contribution in [0.3, 0.4) is 0 Å². The first kappa shape index (κ1) is 32.0. The van der Waals surface area contributed by atoms with Gasteiger partial charge in [0.1, 0.15) is 6.04 Å². The van der Waals surface area contributed by atoms with E-state index in [1.807, 2.05) is 56.3 Å². The molecule has 0 heterocycles. The maximum absolute atomic E-state index is 13.4. The number of hydrogen-bond acceptors (Lipinski definition) is 6. The van der Waals surface area contributed by atoms with Gasteiger partial charge >= 0.3 is 0 Å². The van der Waals surface area contributed by atoms with Crippen LogP contribution in [-0.2, 0) is 26.0 Å². The lowest BCUT2D eigenvalue weighted by atomic mass is 10.0. The van der Waals surface area contributed by atoms with Crippen molar-refractivity contribution in [3.05, 3.63) is 72.3 Å². The van der Waals surface area contributed by atoms with Crippen LogP contribution in [0.25, 0.3) is 10.8 Å². The molecule has 3 aromatic carbocycles. The number of aliphatic hydroxyl groups is 1. The molecular weight excluding hydrogens is 540 g/mol. The topological polar surface area (TPSA) is 142 Å². The molecule has 0 saturated heterocycles. The molecule has 1 unspecified atom stereocenters. The van der Waals surface area contributed by atoms with Gasteiger partial charge in [0.05, 0.1) is 11.5 Å². The van der Waals surface area contributed by atoms with Crippen LogP contribution in [0, 0.1) is 5.92 Å². The van der Waals surface area contributed by atoms with E-state index in [0.29, 0.717) is 37.9 Å². The zero-order valence-electron chi connectivity index (χ0n) is 24.0. The van der Waals surface area contributed by atoms with Gasteiger partial charge in [0.15, 0.2) is 0 Å². The summed E-state index contributed by atoms with van der Waals surface area (Å²) >= 11 is 0. The molecule has 2 amide bonds. The van der Waals surface area contributed by atoms with Crippen LogP contribution in [0.4, 0.5) is 5.69 Å². The fraction of sp³-hybridized carbons (Fsp3) is 0.419. The summed E-state index contributed by atoms with van der Waals surface area (Å²) in [6.07, 6.45) is 1.96. The Kier molecular flexibility index (Phi) is 11.7. The van der Waals surface area contributed by atoms with E-state index in [1.165, 1.54) is 23.4 Å². The van der Waals surface area contributed by atoms with Gasteiger partial charge in [0, 0.05) is 38.2 Å². The lowest BCUT2D eigenvalue weighted by Crippen LogP contribution is -2.47. The minimum atomic E-state index is -3.84. The van der Waals surface area contributed by atoms with Crippen molar-refractivity contribution in [3.63, 3.8) is 0 Å². The predicted molar refractivity (Wildman–Crippen MR) is 163 cm³/mol. The summed E-state index contributed by atoms with van der Waals surface area (Å²) in [6.45, 7) is 5.56. The van der Waals surface area contributed by atoms with Crippen molar-refractivity contribution in [2.75, 3.05) is 25.4 Å². The summed E-state index contributed by atoms with van der Waals surface area (Å²) in [5.41, 5.74) is 7.14. The molecule has 0 aromatic heterocycles. The van der Waals surface area contributed by atoms with E-state index in [2.05, 4.69) is 10.6 Å². The molecule has 9 nitrogen and oxygen atoms in total. The van der Waals surface area contributed by atoms with Gasteiger partial charge in [-0.3, -0.25) is 9.59 Å². The maximum Gasteiger partial charge on any atom is 0.243 e. The van der Waals surface area contributed by atoms with Crippen LogP contribution in [0.2, 0.25) is 0 Å². The molecular formula is C31H42N4O5S. The number of anilines is 1. The predicted octanol–water partition coefficient (Wildman–Crippen LogP) is 3.46. The van der Waals surface area contributed by atoms with Crippen molar-refractivity contribution in [1.82, 2.24) is 14.9 Å². The third-order valence-electron chi connectivity index (χ3n) is 6.86. The largest absolute Gasteiger partial charge is 0.399 e. The minimum Gasteiger partial charge on any atom is -0.399 e. The Morgan fingerprint density at radius 2 is 1.66 bits per heavy atom. The molecule has 2 atom stereocenters. The van der Waals surface area contributed by atoms with Crippen molar-refractivity contribution in [3.8, 4) is 0 Å². The number of nitrogens with two attached hydrogens (primary N) is 1. The Labute approximate surface area is 243 Å². The Hall–Kier alpha value is -3.47. The second kappa shape index (κ2) is 15.0. The summed E-state index contributed by atoms with van der Waals surface area (Å²) in [4.78, 5) is 24.9. The quantitative estimate of drug-likeness (QED) is 0.160. The zero-order valence-corrected chi connectivity index (χ0v) is 24.9. The fourth-order valence-corrected chi connectivity index (χ4v) is 6.61. The molecule has 3 rings (SSSR count). The van der Waals surface area contributed by atoms with Crippen molar-refractivity contribution in [1.29, 1.82) is 0 Å². The second-order valence-electron chi connectivity index (χ2n) is 10.8. The lowest BCUT2D eigenvalue weighted by molar-refractivity contribution is -0.128. The number of fused-ring (bicyclic) bond motifs is 1. The van der Waals surface area contributed by atoms with E-state index in [1.54, 1.807) is 12.1 Å². The Balaban J connectivity index is 1.58. The van der Waals surface area contributed by atoms with Crippen molar-refractivity contribution in [2.24, 2.45) is 5.92 Å². The number of carbonyl (C=O) groups excluding carboxylic acids is 2. The summed E-state index contributed by atoms with van der Waals surface area (Å²) in [5, 5.41) is 18.0. The van der Waals surface area contributed by atoms with E-state index in [0.717, 1.165) is 16.3 Å². The molecule has 3 aromatic rings. The number of unbranched alkanes of at least 4 members (excludes halogenated alkanes) is 1. The summed E-state index contributed by atoms with van der Waals surface area (Å²) in [7, 11) is -3.84. The molecule has 5 N–H and O–H groups in total. The lowest BCUT2D eigenvalue weighted by Gasteiger charge is -2.31. The van der Waals surface area contributed by atoms with Gasteiger partial charge in [-0.15, -0.1) is 0 Å². The highest BCUT2D eigenvalue weighted by Crippen LogP contribution is 2.23. The van der Waals surface area contributed by atoms with Gasteiger partial charge in [-0.05, 0) is 59.4 Å². The smallest absolute Gasteiger partial charge is 0.243 e. The monoisotopic (exact) mass is 582 g/mol. The number of sulfonamides is 1. The minimum absolute atomic E-state index is 0.0557. The van der Waals surface area contributed by atoms with Crippen LogP contribution in [0.1, 0.15) is 45.6 Å². The molecule has 0 radical (unpaired) electrons. The van der Waals surface area contributed by atoms with E-state index >= 15 is 0 Å². The van der Waals surface area contributed by atoms with Gasteiger partial charge in [-0.1, -0.05) is 62.7 Å². The number of amides is 2. The maximum atomic E-state index is 13.4. The van der Waals surface area contributed by atoms with Gasteiger partial charge in [0.25, 0.3) is 0 Å². The molecule has 0 bridgehead atoms. The van der Waals surface area contributed by atoms with E-state index < -0.39 is 22.1 Å². The van der Waals surface area contributed by atoms with Crippen LogP contribution >= 0.6 is 0 Å². The van der Waals surface area contributed by atoms with E-state index in [9.17, 15) is 23.1 Å². The third-order valence-corrected chi connectivity index (χ3v) is 8.79. The average Bonchev–Trinajstić information content (AvgIpc) is 2.93. The van der Waals surface area contributed by atoms with Gasteiger partial charge in [-0.25, -0.2) is 8.42 Å². The molecule has 222 valence electrons. The third kappa shape index (κ3) is 9.27. The van der Waals surface area contributed by atoms with E-state index in [4.69, 9.17) is 5.73 Å². The van der Waals surface area contributed by atoms with Gasteiger partial charge in [0.2, 0.25) is 21.8 Å². The SMILES string of the molecule is CC(=O)N[C@@H](Cc1ccc2ccccc2c1)C(=O)NCCCCC(CO)N(CC(C)C)S(=O)(=O)c1ccc(N)cc1. The molecule has 10 heteroatoms. The van der Waals surface area contributed by atoms with Crippen molar-refractivity contribution >= 4 is 38.3 Å². The van der Waals surface area contributed by atoms with Crippen LogP contribution in [0.15, 0.2) is 71.6 Å². The number of nitrogens with zero attached hydrogens (tertiary/aromatic N) is 1. The number of nitrogen functional groups attached to an aromatic ring is 1. The first-order valence-corrected chi connectivity index (χ1v) is 15.5. The number of nitrogens with one attached hydrogen (secondary N) is 2. The normalized spacial score (nSPS) is 13.3. The molecule has 0 saturated carbocycles. The molecule has 0 aliphatic heterocycles. The number of hydrogen-bond donors (Lipinski definition) is 4. The van der Waals surface area contributed by atoms with Crippen molar-refractivity contribution in [2.45, 2.75) is 63.4 Å². The fourth-order valence-electron chi connectivity index (χ4n) is 4.80. The highest BCUT2D eigenvalue weighted by Gasteiger charge is 2.31. The number of carbonyl (C=O) groups is 2. The number of benzene rings is 3. The average molecular weight is 583 g/mol. The summed E-state index contributed by atoms with van der Waals surface area (Å²) in [6, 6.07) is 18.7. The van der Waals surface area contributed by atoms with Crippen molar-refractivity contribution < 1.29 is 23.1 Å². The highest BCUT2D eigenvalue weighted by atomic mass is 32.2. The highest BCUT2D eigenvalue weighted by molar-refractivity contribution is 7.89. The van der Waals surface area contributed by atoms with Crippen LogP contribution in [-0.4, -0.2) is 61.4 Å². The number of aliphatic hydroxyl groups excluding tert-OH is 1. The van der Waals surface area contributed by atoms with Gasteiger partial charge in [-0.2, -0.15) is 4.31 Å². The summed E-state index contributed by atoms with van der Waals surface area (Å²) < 4.78 is 28.2. The second-order valence-corrected chi connectivity index (χ2v) is 12.7. The zero-order chi connectivity index (χ0) is 30.0. The first-order valence-electron chi connectivity index (χ1n) is 14.0. The molecule has 0 spiro atoms. The molecule has 0 aliphatic rings. The first-order chi connectivity index (χ1) is 19.5. The standard InChI is InChI=1S/C31H42N4O5S/c1-22(2)20-35(41(39,40)29-15-13-27(32)14-16-29)28(21-36)10-6-7-17-33-31(38)30(34-23(3)37)19-24-11-12-25-8-4-5-9-26(25)18-24/h4-5,8-9,11-16,18,22,28,30,36H,6-7,10,17,19-21,32H2,1-3H3,(H,33,38)(H,34,37)/t28?,30-/m0/s1. The Bertz CT molecular complexity index is 1410. The Morgan fingerprint density at radius 3 is 2.29 bits per heavy atom. The molecule has 0 aliphatic carbocycles.